The molecular weight excluding hydrogens is 452 g/mol. The van der Waals surface area contributed by atoms with Crippen LogP contribution in [-0.2, 0) is 11.2 Å². The van der Waals surface area contributed by atoms with Gasteiger partial charge in [0.25, 0.3) is 0 Å². The minimum atomic E-state index is -0.729. The first-order chi connectivity index (χ1) is 17.5. The summed E-state index contributed by atoms with van der Waals surface area (Å²) in [7, 11) is 1.64. The lowest BCUT2D eigenvalue weighted by Gasteiger charge is -2.39. The number of piperidine rings is 1. The Kier molecular flexibility index (Phi) is 9.31. The van der Waals surface area contributed by atoms with E-state index in [1.807, 2.05) is 30.3 Å². The highest BCUT2D eigenvalue weighted by Crippen LogP contribution is 2.35. The summed E-state index contributed by atoms with van der Waals surface area (Å²) >= 11 is 0. The minimum absolute atomic E-state index is 0.205. The van der Waals surface area contributed by atoms with Crippen molar-refractivity contribution in [3.63, 3.8) is 0 Å². The van der Waals surface area contributed by atoms with Crippen molar-refractivity contribution in [2.24, 2.45) is 11.8 Å². The number of aliphatic carboxylic acids is 1. The van der Waals surface area contributed by atoms with Crippen LogP contribution in [0.15, 0.2) is 60.8 Å². The van der Waals surface area contributed by atoms with Crippen LogP contribution in [0.3, 0.4) is 0 Å². The molecule has 4 rings (SSSR count). The standard InChI is InChI=1S/C30H38N2O4/c1-36-25-11-12-28-27(20-25)26(15-17-31-28)29(33)13-9-23-16-19-32(21-24(23)10-14-30(34)35)18-5-8-22-6-3-2-4-7-22/h2-4,6-7,11-12,15,17,20,23-24,29,33H,5,8-10,13-14,16,18-19,21H2,1H3,(H,34,35)/t23?,24?,29-/m0/s1. The first-order valence-electron chi connectivity index (χ1n) is 13.1. The van der Waals surface area contributed by atoms with E-state index in [-0.39, 0.29) is 6.42 Å². The van der Waals surface area contributed by atoms with Gasteiger partial charge in [0.2, 0.25) is 0 Å². The Hall–Kier alpha value is -2.96. The van der Waals surface area contributed by atoms with Gasteiger partial charge in [0.1, 0.15) is 5.75 Å². The number of hydrogen-bond donors (Lipinski definition) is 2. The molecule has 0 amide bonds. The number of methoxy groups -OCH3 is 1. The Morgan fingerprint density at radius 3 is 2.75 bits per heavy atom. The van der Waals surface area contributed by atoms with Gasteiger partial charge in [-0.1, -0.05) is 30.3 Å². The van der Waals surface area contributed by atoms with E-state index in [9.17, 15) is 15.0 Å². The third-order valence-corrected chi connectivity index (χ3v) is 7.64. The van der Waals surface area contributed by atoms with Gasteiger partial charge in [-0.25, -0.2) is 0 Å². The molecule has 0 saturated carbocycles. The van der Waals surface area contributed by atoms with Crippen LogP contribution in [0.4, 0.5) is 0 Å². The lowest BCUT2D eigenvalue weighted by molar-refractivity contribution is -0.137. The number of rotatable bonds is 12. The molecule has 2 heterocycles. The summed E-state index contributed by atoms with van der Waals surface area (Å²) in [6.07, 6.45) is 6.82. The number of carbonyl (C=O) groups is 1. The molecule has 0 radical (unpaired) electrons. The number of nitrogens with zero attached hydrogens (tertiary/aromatic N) is 2. The van der Waals surface area contributed by atoms with Crippen molar-refractivity contribution >= 4 is 16.9 Å². The average molecular weight is 491 g/mol. The van der Waals surface area contributed by atoms with Gasteiger partial charge in [0.15, 0.2) is 0 Å². The summed E-state index contributed by atoms with van der Waals surface area (Å²) < 4.78 is 5.37. The molecule has 0 spiro atoms. The fourth-order valence-electron chi connectivity index (χ4n) is 5.62. The van der Waals surface area contributed by atoms with Crippen LogP contribution in [0.1, 0.15) is 55.8 Å². The molecule has 1 aliphatic heterocycles. The van der Waals surface area contributed by atoms with E-state index in [1.165, 1.54) is 5.56 Å². The number of aliphatic hydroxyl groups excluding tert-OH is 1. The van der Waals surface area contributed by atoms with Crippen LogP contribution in [-0.4, -0.2) is 52.8 Å². The van der Waals surface area contributed by atoms with E-state index in [0.29, 0.717) is 24.7 Å². The van der Waals surface area contributed by atoms with E-state index in [0.717, 1.165) is 67.5 Å². The normalized spacial score (nSPS) is 19.3. The number of fused-ring (bicyclic) bond motifs is 1. The topological polar surface area (TPSA) is 82.9 Å². The fourth-order valence-corrected chi connectivity index (χ4v) is 5.62. The van der Waals surface area contributed by atoms with Gasteiger partial charge in [-0.15, -0.1) is 0 Å². The van der Waals surface area contributed by atoms with Crippen LogP contribution in [0, 0.1) is 11.8 Å². The second kappa shape index (κ2) is 12.8. The maximum atomic E-state index is 11.3. The smallest absolute Gasteiger partial charge is 0.303 e. The Morgan fingerprint density at radius 2 is 1.97 bits per heavy atom. The highest BCUT2D eigenvalue weighted by Gasteiger charge is 2.30. The van der Waals surface area contributed by atoms with Crippen LogP contribution in [0.5, 0.6) is 5.75 Å². The van der Waals surface area contributed by atoms with Gasteiger partial charge in [-0.2, -0.15) is 0 Å². The molecule has 1 saturated heterocycles. The summed E-state index contributed by atoms with van der Waals surface area (Å²) in [5, 5.41) is 21.3. The van der Waals surface area contributed by atoms with Crippen LogP contribution in [0.25, 0.3) is 10.9 Å². The minimum Gasteiger partial charge on any atom is -0.497 e. The molecule has 0 aliphatic carbocycles. The molecular formula is C30H38N2O4. The van der Waals surface area contributed by atoms with Crippen molar-refractivity contribution in [1.82, 2.24) is 9.88 Å². The number of carboxylic acids is 1. The molecule has 1 aromatic heterocycles. The van der Waals surface area contributed by atoms with Gasteiger partial charge in [-0.05, 0) is 98.8 Å². The molecule has 1 fully saturated rings. The molecule has 1 aliphatic rings. The lowest BCUT2D eigenvalue weighted by atomic mass is 9.79. The first kappa shape index (κ1) is 26.1. The molecule has 6 nitrogen and oxygen atoms in total. The number of hydrogen-bond acceptors (Lipinski definition) is 5. The number of benzene rings is 2. The third kappa shape index (κ3) is 7.05. The number of aryl methyl sites for hydroxylation is 1. The van der Waals surface area contributed by atoms with Crippen molar-refractivity contribution in [2.45, 2.75) is 51.0 Å². The van der Waals surface area contributed by atoms with E-state index in [2.05, 4.69) is 34.1 Å². The molecule has 36 heavy (non-hydrogen) atoms. The van der Waals surface area contributed by atoms with Crippen LogP contribution >= 0.6 is 0 Å². The van der Waals surface area contributed by atoms with Crippen molar-refractivity contribution in [3.05, 3.63) is 71.9 Å². The average Bonchev–Trinajstić information content (AvgIpc) is 2.91. The molecule has 2 unspecified atom stereocenters. The zero-order valence-electron chi connectivity index (χ0n) is 21.2. The van der Waals surface area contributed by atoms with Gasteiger partial charge >= 0.3 is 5.97 Å². The molecule has 2 N–H and O–H groups in total. The molecule has 6 heteroatoms. The maximum absolute atomic E-state index is 11.3. The van der Waals surface area contributed by atoms with Crippen molar-refractivity contribution in [3.8, 4) is 5.75 Å². The fraction of sp³-hybridized carbons (Fsp3) is 0.467. The summed E-state index contributed by atoms with van der Waals surface area (Å²) in [6, 6.07) is 18.2. The van der Waals surface area contributed by atoms with Crippen LogP contribution in [0.2, 0.25) is 0 Å². The number of aromatic nitrogens is 1. The maximum Gasteiger partial charge on any atom is 0.303 e. The Bertz CT molecular complexity index is 1120. The third-order valence-electron chi connectivity index (χ3n) is 7.64. The second-order valence-electron chi connectivity index (χ2n) is 10.0. The Morgan fingerprint density at radius 1 is 1.14 bits per heavy atom. The zero-order valence-corrected chi connectivity index (χ0v) is 21.2. The van der Waals surface area contributed by atoms with Crippen LogP contribution < -0.4 is 4.74 Å². The number of ether oxygens (including phenoxy) is 1. The summed E-state index contributed by atoms with van der Waals surface area (Å²) in [6.45, 7) is 3.02. The van der Waals surface area contributed by atoms with E-state index < -0.39 is 12.1 Å². The van der Waals surface area contributed by atoms with Gasteiger partial charge in [0, 0.05) is 24.5 Å². The zero-order chi connectivity index (χ0) is 25.3. The SMILES string of the molecule is COc1ccc2nccc([C@@H](O)CCC3CCN(CCCc4ccccc4)CC3CCC(=O)O)c2c1. The van der Waals surface area contributed by atoms with E-state index in [4.69, 9.17) is 4.74 Å². The summed E-state index contributed by atoms with van der Waals surface area (Å²) in [5.74, 6) is 0.782. The Balaban J connectivity index is 1.35. The van der Waals surface area contributed by atoms with E-state index in [1.54, 1.807) is 13.3 Å². The lowest BCUT2D eigenvalue weighted by Crippen LogP contribution is -2.41. The first-order valence-corrected chi connectivity index (χ1v) is 13.1. The number of likely N-dealkylation sites (tertiary alicyclic amines) is 1. The molecule has 3 aromatic rings. The van der Waals surface area contributed by atoms with Crippen molar-refractivity contribution in [1.29, 1.82) is 0 Å². The highest BCUT2D eigenvalue weighted by atomic mass is 16.5. The van der Waals surface area contributed by atoms with Gasteiger partial charge in [0.05, 0.1) is 18.7 Å². The number of aliphatic hydroxyl groups is 1. The van der Waals surface area contributed by atoms with Crippen molar-refractivity contribution < 1.29 is 19.7 Å². The highest BCUT2D eigenvalue weighted by molar-refractivity contribution is 5.83. The van der Waals surface area contributed by atoms with Crippen molar-refractivity contribution in [2.75, 3.05) is 26.7 Å². The largest absolute Gasteiger partial charge is 0.497 e. The summed E-state index contributed by atoms with van der Waals surface area (Å²) in [4.78, 5) is 18.2. The van der Waals surface area contributed by atoms with Gasteiger partial charge in [-0.3, -0.25) is 9.78 Å². The predicted octanol–water partition coefficient (Wildman–Crippen LogP) is 5.49. The number of pyridine rings is 1. The van der Waals surface area contributed by atoms with Gasteiger partial charge < -0.3 is 19.8 Å². The number of carboxylic acid groups (broad SMARTS) is 1. The molecule has 192 valence electrons. The molecule has 3 atom stereocenters. The Labute approximate surface area is 213 Å². The monoisotopic (exact) mass is 490 g/mol. The van der Waals surface area contributed by atoms with E-state index >= 15 is 0 Å². The molecule has 0 bridgehead atoms. The molecule has 2 aromatic carbocycles. The summed E-state index contributed by atoms with van der Waals surface area (Å²) in [5.41, 5.74) is 3.08. The second-order valence-corrected chi connectivity index (χ2v) is 10.0. The predicted molar refractivity (Wildman–Crippen MR) is 142 cm³/mol. The quantitative estimate of drug-likeness (QED) is 0.349.